The third-order valence-electron chi connectivity index (χ3n) is 2.83. The van der Waals surface area contributed by atoms with Crippen molar-refractivity contribution in [3.8, 4) is 0 Å². The van der Waals surface area contributed by atoms with Gasteiger partial charge >= 0.3 is 0 Å². The first kappa shape index (κ1) is 14.1. The average Bonchev–Trinajstić information content (AvgIpc) is 2.44. The molecule has 2 aromatic rings. The van der Waals surface area contributed by atoms with Crippen molar-refractivity contribution in [2.24, 2.45) is 5.73 Å². The molecule has 0 aliphatic heterocycles. The van der Waals surface area contributed by atoms with Gasteiger partial charge in [-0.25, -0.2) is 8.78 Å². The van der Waals surface area contributed by atoms with Crippen molar-refractivity contribution in [1.29, 1.82) is 0 Å². The highest BCUT2D eigenvalue weighted by Crippen LogP contribution is 2.13. The molecule has 0 heterocycles. The second-order valence-corrected chi connectivity index (χ2v) is 4.37. The van der Waals surface area contributed by atoms with Gasteiger partial charge in [-0.3, -0.25) is 4.79 Å². The molecule has 0 spiro atoms. The number of nitrogens with two attached hydrogens (primary N) is 1. The molecule has 0 aliphatic rings. The molecule has 0 unspecified atom stereocenters. The Morgan fingerprint density at radius 2 is 1.65 bits per heavy atom. The van der Waals surface area contributed by atoms with Crippen molar-refractivity contribution in [1.82, 2.24) is 0 Å². The molecule has 5 heteroatoms. The highest BCUT2D eigenvalue weighted by Gasteiger charge is 2.07. The molecular formula is C15H14F2N2O. The minimum Gasteiger partial charge on any atom is -0.326 e. The van der Waals surface area contributed by atoms with Crippen molar-refractivity contribution >= 4 is 11.6 Å². The van der Waals surface area contributed by atoms with Crippen molar-refractivity contribution in [3.63, 3.8) is 0 Å². The van der Waals surface area contributed by atoms with Crippen molar-refractivity contribution in [2.75, 3.05) is 5.32 Å². The second-order valence-electron chi connectivity index (χ2n) is 4.37. The lowest BCUT2D eigenvalue weighted by molar-refractivity contribution is -0.115. The van der Waals surface area contributed by atoms with Crippen LogP contribution in [0, 0.1) is 11.6 Å². The number of benzene rings is 2. The number of hydrogen-bond donors (Lipinski definition) is 2. The maximum atomic E-state index is 13.0. The van der Waals surface area contributed by atoms with Crippen LogP contribution in [0.4, 0.5) is 14.5 Å². The van der Waals surface area contributed by atoms with E-state index < -0.39 is 11.6 Å². The van der Waals surface area contributed by atoms with Gasteiger partial charge in [-0.15, -0.1) is 0 Å². The molecule has 2 rings (SSSR count). The molecule has 0 atom stereocenters. The summed E-state index contributed by atoms with van der Waals surface area (Å²) in [7, 11) is 0. The Morgan fingerprint density at radius 1 is 1.00 bits per heavy atom. The standard InChI is InChI=1S/C15H14F2N2O/c16-13-6-5-12(8-14(13)17)19-15(20)7-10-1-3-11(9-18)4-2-10/h1-6,8H,7,9,18H2,(H,19,20). The first-order valence-electron chi connectivity index (χ1n) is 6.11. The van der Waals surface area contributed by atoms with Gasteiger partial charge < -0.3 is 11.1 Å². The van der Waals surface area contributed by atoms with E-state index in [-0.39, 0.29) is 18.0 Å². The average molecular weight is 276 g/mol. The van der Waals surface area contributed by atoms with Crippen LogP contribution < -0.4 is 11.1 Å². The molecule has 0 radical (unpaired) electrons. The number of halogens is 2. The topological polar surface area (TPSA) is 55.1 Å². The van der Waals surface area contributed by atoms with Crippen LogP contribution in [0.1, 0.15) is 11.1 Å². The zero-order valence-electron chi connectivity index (χ0n) is 10.7. The van der Waals surface area contributed by atoms with E-state index in [1.807, 2.05) is 24.3 Å². The summed E-state index contributed by atoms with van der Waals surface area (Å²) < 4.78 is 25.8. The number of hydrogen-bond acceptors (Lipinski definition) is 2. The zero-order valence-corrected chi connectivity index (χ0v) is 10.7. The van der Waals surface area contributed by atoms with Gasteiger partial charge in [0.05, 0.1) is 6.42 Å². The summed E-state index contributed by atoms with van der Waals surface area (Å²) in [5.41, 5.74) is 7.52. The van der Waals surface area contributed by atoms with Crippen molar-refractivity contribution in [3.05, 3.63) is 65.2 Å². The summed E-state index contributed by atoms with van der Waals surface area (Å²) >= 11 is 0. The molecule has 0 saturated carbocycles. The van der Waals surface area contributed by atoms with E-state index in [9.17, 15) is 13.6 Å². The Morgan fingerprint density at radius 3 is 2.25 bits per heavy atom. The van der Waals surface area contributed by atoms with Crippen LogP contribution in [0.25, 0.3) is 0 Å². The number of carbonyl (C=O) groups is 1. The number of rotatable bonds is 4. The summed E-state index contributed by atoms with van der Waals surface area (Å²) in [5.74, 6) is -2.23. The van der Waals surface area contributed by atoms with Gasteiger partial charge in [0, 0.05) is 18.3 Å². The summed E-state index contributed by atoms with van der Waals surface area (Å²) in [4.78, 5) is 11.8. The maximum Gasteiger partial charge on any atom is 0.228 e. The Hall–Kier alpha value is -2.27. The minimum atomic E-state index is -0.991. The van der Waals surface area contributed by atoms with Gasteiger partial charge in [0.1, 0.15) is 0 Å². The van der Waals surface area contributed by atoms with Crippen LogP contribution in [-0.4, -0.2) is 5.91 Å². The van der Waals surface area contributed by atoms with E-state index in [2.05, 4.69) is 5.32 Å². The smallest absolute Gasteiger partial charge is 0.228 e. The predicted molar refractivity (Wildman–Crippen MR) is 73.0 cm³/mol. The summed E-state index contributed by atoms with van der Waals surface area (Å²) in [5, 5.41) is 2.52. The van der Waals surface area contributed by atoms with Crippen LogP contribution in [0.2, 0.25) is 0 Å². The molecule has 0 aliphatic carbocycles. The third kappa shape index (κ3) is 3.61. The Balaban J connectivity index is 1.99. The summed E-state index contributed by atoms with van der Waals surface area (Å²) in [6.07, 6.45) is 0.157. The first-order valence-corrected chi connectivity index (χ1v) is 6.11. The van der Waals surface area contributed by atoms with Crippen molar-refractivity contribution < 1.29 is 13.6 Å². The van der Waals surface area contributed by atoms with Gasteiger partial charge in [0.15, 0.2) is 11.6 Å². The summed E-state index contributed by atoms with van der Waals surface area (Å²) in [6, 6.07) is 10.6. The summed E-state index contributed by atoms with van der Waals surface area (Å²) in [6.45, 7) is 0.446. The van der Waals surface area contributed by atoms with E-state index in [1.165, 1.54) is 6.07 Å². The largest absolute Gasteiger partial charge is 0.326 e. The second kappa shape index (κ2) is 6.25. The number of anilines is 1. The lowest BCUT2D eigenvalue weighted by Gasteiger charge is -2.06. The van der Waals surface area contributed by atoms with E-state index in [0.29, 0.717) is 6.54 Å². The quantitative estimate of drug-likeness (QED) is 0.902. The van der Waals surface area contributed by atoms with Crippen LogP contribution in [0.3, 0.4) is 0 Å². The molecule has 104 valence electrons. The molecule has 1 amide bonds. The van der Waals surface area contributed by atoms with Gasteiger partial charge in [0.2, 0.25) is 5.91 Å². The SMILES string of the molecule is NCc1ccc(CC(=O)Nc2ccc(F)c(F)c2)cc1. The van der Waals surface area contributed by atoms with E-state index >= 15 is 0 Å². The van der Waals surface area contributed by atoms with E-state index in [0.717, 1.165) is 23.3 Å². The molecular weight excluding hydrogens is 262 g/mol. The molecule has 3 N–H and O–H groups in total. The van der Waals surface area contributed by atoms with Gasteiger partial charge in [0.25, 0.3) is 0 Å². The normalized spacial score (nSPS) is 10.3. The monoisotopic (exact) mass is 276 g/mol. The van der Waals surface area contributed by atoms with Gasteiger partial charge in [-0.1, -0.05) is 24.3 Å². The highest BCUT2D eigenvalue weighted by atomic mass is 19.2. The number of amides is 1. The van der Waals surface area contributed by atoms with Crippen LogP contribution in [0.5, 0.6) is 0 Å². The van der Waals surface area contributed by atoms with E-state index in [4.69, 9.17) is 5.73 Å². The number of nitrogens with one attached hydrogen (secondary N) is 1. The van der Waals surface area contributed by atoms with Gasteiger partial charge in [-0.2, -0.15) is 0 Å². The fourth-order valence-electron chi connectivity index (χ4n) is 1.76. The van der Waals surface area contributed by atoms with Gasteiger partial charge in [-0.05, 0) is 23.3 Å². The van der Waals surface area contributed by atoms with Crippen molar-refractivity contribution in [2.45, 2.75) is 13.0 Å². The fraction of sp³-hybridized carbons (Fsp3) is 0.133. The van der Waals surface area contributed by atoms with Crippen LogP contribution >= 0.6 is 0 Å². The highest BCUT2D eigenvalue weighted by molar-refractivity contribution is 5.92. The maximum absolute atomic E-state index is 13.0. The Bertz CT molecular complexity index is 612. The van der Waals surface area contributed by atoms with Crippen LogP contribution in [-0.2, 0) is 17.8 Å². The predicted octanol–water partition coefficient (Wildman–Crippen LogP) is 2.60. The third-order valence-corrected chi connectivity index (χ3v) is 2.83. The molecule has 3 nitrogen and oxygen atoms in total. The minimum absolute atomic E-state index is 0.157. The lowest BCUT2D eigenvalue weighted by atomic mass is 10.1. The lowest BCUT2D eigenvalue weighted by Crippen LogP contribution is -2.14. The molecule has 20 heavy (non-hydrogen) atoms. The molecule has 0 fully saturated rings. The fourth-order valence-corrected chi connectivity index (χ4v) is 1.76. The molecule has 2 aromatic carbocycles. The molecule has 0 bridgehead atoms. The number of carbonyl (C=O) groups excluding carboxylic acids is 1. The zero-order chi connectivity index (χ0) is 14.5. The first-order chi connectivity index (χ1) is 9.58. The molecule has 0 saturated heterocycles. The molecule has 0 aromatic heterocycles. The van der Waals surface area contributed by atoms with Crippen LogP contribution in [0.15, 0.2) is 42.5 Å². The Kier molecular flexibility index (Phi) is 4.42. The van der Waals surface area contributed by atoms with E-state index in [1.54, 1.807) is 0 Å². The Labute approximate surface area is 115 Å².